The third kappa shape index (κ3) is 2.16. The zero-order valence-electron chi connectivity index (χ0n) is 16.1. The van der Waals surface area contributed by atoms with Gasteiger partial charge in [0.15, 0.2) is 0 Å². The Morgan fingerprint density at radius 2 is 1.48 bits per heavy atom. The Hall–Kier alpha value is -3.32. The zero-order chi connectivity index (χ0) is 21.5. The van der Waals surface area contributed by atoms with Crippen LogP contribution in [0.5, 0.6) is 0 Å². The predicted octanol–water partition coefficient (Wildman–Crippen LogP) is 4.50. The van der Waals surface area contributed by atoms with Gasteiger partial charge in [-0.05, 0) is 28.3 Å². The number of nitro benzene ring substituents is 1. The molecule has 2 atom stereocenters. The molecule has 3 aliphatic carbocycles. The number of alkyl halides is 1. The molecule has 1 saturated heterocycles. The number of halogens is 1. The first-order chi connectivity index (χ1) is 14.9. The van der Waals surface area contributed by atoms with E-state index in [-0.39, 0.29) is 29.1 Å². The van der Waals surface area contributed by atoms with Crippen LogP contribution in [0.4, 0.5) is 11.4 Å². The lowest BCUT2D eigenvalue weighted by atomic mass is 9.55. The molecule has 0 aromatic heterocycles. The number of benzene rings is 3. The van der Waals surface area contributed by atoms with Gasteiger partial charge in [-0.25, -0.2) is 4.90 Å². The topological polar surface area (TPSA) is 80.5 Å². The van der Waals surface area contributed by atoms with E-state index in [1.54, 1.807) is 6.07 Å². The van der Waals surface area contributed by atoms with Crippen LogP contribution in [0.3, 0.4) is 0 Å². The molecule has 0 N–H and O–H groups in total. The number of carbonyl (C=O) groups is 2. The maximum absolute atomic E-state index is 13.8. The quantitative estimate of drug-likeness (QED) is 0.237. The second kappa shape index (κ2) is 6.11. The Balaban J connectivity index is 1.58. The second-order valence-electron chi connectivity index (χ2n) is 8.16. The van der Waals surface area contributed by atoms with Gasteiger partial charge in [0.25, 0.3) is 5.69 Å². The normalized spacial score (nSPS) is 27.6. The Kier molecular flexibility index (Phi) is 3.63. The highest BCUT2D eigenvalue weighted by Gasteiger charge is 2.67. The summed E-state index contributed by atoms with van der Waals surface area (Å²) < 4.78 is -0.832. The van der Waals surface area contributed by atoms with Gasteiger partial charge < -0.3 is 0 Å². The van der Waals surface area contributed by atoms with Gasteiger partial charge in [0, 0.05) is 18.1 Å². The Labute approximate surface area is 185 Å². The summed E-state index contributed by atoms with van der Waals surface area (Å²) in [6.45, 7) is 0. The van der Waals surface area contributed by atoms with Crippen LogP contribution in [0.15, 0.2) is 72.8 Å². The number of amides is 2. The molecule has 2 amide bonds. The van der Waals surface area contributed by atoms with E-state index in [1.165, 1.54) is 18.2 Å². The van der Waals surface area contributed by atoms with Crippen LogP contribution in [-0.4, -0.2) is 16.7 Å². The van der Waals surface area contributed by atoms with Crippen molar-refractivity contribution >= 4 is 39.1 Å². The number of hydrogen-bond acceptors (Lipinski definition) is 4. The molecule has 0 spiro atoms. The van der Waals surface area contributed by atoms with Crippen molar-refractivity contribution < 1.29 is 14.5 Å². The molecular weight excluding hydrogens is 460 g/mol. The third-order valence-electron chi connectivity index (χ3n) is 6.81. The summed E-state index contributed by atoms with van der Waals surface area (Å²) in [5.41, 5.74) is 4.17. The van der Waals surface area contributed by atoms with Gasteiger partial charge in [-0.1, -0.05) is 70.5 Å². The number of anilines is 1. The summed E-state index contributed by atoms with van der Waals surface area (Å²) in [5, 5.41) is 11.3. The highest BCUT2D eigenvalue weighted by molar-refractivity contribution is 9.09. The van der Waals surface area contributed by atoms with Gasteiger partial charge >= 0.3 is 0 Å². The minimum Gasteiger partial charge on any atom is -0.274 e. The summed E-state index contributed by atoms with van der Waals surface area (Å²) in [4.78, 5) is 39.3. The average molecular weight is 475 g/mol. The molecule has 7 heteroatoms. The smallest absolute Gasteiger partial charge is 0.271 e. The molecule has 152 valence electrons. The first-order valence-corrected chi connectivity index (χ1v) is 10.7. The lowest BCUT2D eigenvalue weighted by Crippen LogP contribution is -2.50. The molecule has 4 aliphatic rings. The van der Waals surface area contributed by atoms with Crippen molar-refractivity contribution in [3.63, 3.8) is 0 Å². The standard InChI is InChI=1S/C24H15BrN2O4/c25-24-17-10-3-1-8-15(17)19(16-9-2-4-11-18(16)24)20-21(24)23(29)26(22(20)28)13-6-5-7-14(12-13)27(30)31/h1-12,19-21H. The van der Waals surface area contributed by atoms with E-state index in [1.807, 2.05) is 48.5 Å². The minimum atomic E-state index is -0.832. The number of non-ortho nitro benzene ring substituents is 1. The number of imide groups is 1. The number of nitro groups is 1. The summed E-state index contributed by atoms with van der Waals surface area (Å²) in [5.74, 6) is -2.09. The zero-order valence-corrected chi connectivity index (χ0v) is 17.7. The lowest BCUT2D eigenvalue weighted by molar-refractivity contribution is -0.384. The Morgan fingerprint density at radius 3 is 2.10 bits per heavy atom. The van der Waals surface area contributed by atoms with E-state index < -0.39 is 21.1 Å². The Bertz CT molecular complexity index is 1270. The molecule has 3 aromatic carbocycles. The van der Waals surface area contributed by atoms with E-state index in [9.17, 15) is 19.7 Å². The molecule has 1 fully saturated rings. The maximum atomic E-state index is 13.8. The van der Waals surface area contributed by atoms with Crippen LogP contribution < -0.4 is 4.90 Å². The van der Waals surface area contributed by atoms with Gasteiger partial charge in [-0.2, -0.15) is 0 Å². The molecule has 2 unspecified atom stereocenters. The van der Waals surface area contributed by atoms with E-state index in [2.05, 4.69) is 15.9 Å². The van der Waals surface area contributed by atoms with Gasteiger partial charge in [0.1, 0.15) is 0 Å². The fourth-order valence-electron chi connectivity index (χ4n) is 5.68. The van der Waals surface area contributed by atoms with E-state index in [0.29, 0.717) is 0 Å². The van der Waals surface area contributed by atoms with Crippen molar-refractivity contribution in [3.05, 3.63) is 105 Å². The lowest BCUT2D eigenvalue weighted by Gasteiger charge is -2.51. The average Bonchev–Trinajstić information content (AvgIpc) is 3.06. The fraction of sp³-hybridized carbons (Fsp3) is 0.167. The van der Waals surface area contributed by atoms with Crippen LogP contribution in [-0.2, 0) is 13.9 Å². The van der Waals surface area contributed by atoms with Crippen LogP contribution in [0.2, 0.25) is 0 Å². The third-order valence-corrected chi connectivity index (χ3v) is 8.16. The molecule has 7 rings (SSSR count). The number of hydrogen-bond donors (Lipinski definition) is 0. The number of rotatable bonds is 2. The van der Waals surface area contributed by atoms with Gasteiger partial charge in [-0.3, -0.25) is 19.7 Å². The van der Waals surface area contributed by atoms with Crippen LogP contribution in [0, 0.1) is 22.0 Å². The molecule has 2 bridgehead atoms. The van der Waals surface area contributed by atoms with Crippen molar-refractivity contribution in [1.82, 2.24) is 0 Å². The highest BCUT2D eigenvalue weighted by Crippen LogP contribution is 2.66. The predicted molar refractivity (Wildman–Crippen MR) is 117 cm³/mol. The van der Waals surface area contributed by atoms with Crippen molar-refractivity contribution in [2.75, 3.05) is 4.90 Å². The molecule has 0 saturated carbocycles. The van der Waals surface area contributed by atoms with Gasteiger partial charge in [0.05, 0.1) is 26.8 Å². The molecule has 0 radical (unpaired) electrons. The molecule has 1 heterocycles. The largest absolute Gasteiger partial charge is 0.274 e. The Morgan fingerprint density at radius 1 is 0.871 bits per heavy atom. The van der Waals surface area contributed by atoms with E-state index >= 15 is 0 Å². The summed E-state index contributed by atoms with van der Waals surface area (Å²) in [6, 6.07) is 21.6. The monoisotopic (exact) mass is 474 g/mol. The van der Waals surface area contributed by atoms with Gasteiger partial charge in [-0.15, -0.1) is 0 Å². The molecule has 6 nitrogen and oxygen atoms in total. The number of carbonyl (C=O) groups excluding carboxylic acids is 2. The van der Waals surface area contributed by atoms with Crippen molar-refractivity contribution in [3.8, 4) is 0 Å². The van der Waals surface area contributed by atoms with Crippen LogP contribution in [0.25, 0.3) is 0 Å². The molecule has 1 aliphatic heterocycles. The van der Waals surface area contributed by atoms with Crippen LogP contribution in [0.1, 0.15) is 28.2 Å². The van der Waals surface area contributed by atoms with Crippen molar-refractivity contribution in [1.29, 1.82) is 0 Å². The molecule has 3 aromatic rings. The van der Waals surface area contributed by atoms with E-state index in [0.717, 1.165) is 27.2 Å². The SMILES string of the molecule is O=C1C2C3c4ccccc4C(Br)(c4ccccc43)C2C(=O)N1c1cccc([N+](=O)[O-])c1. The summed E-state index contributed by atoms with van der Waals surface area (Å²) >= 11 is 3.94. The van der Waals surface area contributed by atoms with Crippen LogP contribution >= 0.6 is 15.9 Å². The van der Waals surface area contributed by atoms with Crippen molar-refractivity contribution in [2.45, 2.75) is 10.2 Å². The molecule has 31 heavy (non-hydrogen) atoms. The minimum absolute atomic E-state index is 0.156. The second-order valence-corrected chi connectivity index (χ2v) is 9.41. The fourth-order valence-corrected chi connectivity index (χ4v) is 6.88. The van der Waals surface area contributed by atoms with Crippen molar-refractivity contribution in [2.24, 2.45) is 11.8 Å². The maximum Gasteiger partial charge on any atom is 0.271 e. The highest BCUT2D eigenvalue weighted by atomic mass is 79.9. The molecular formula is C24H15BrN2O4. The van der Waals surface area contributed by atoms with Gasteiger partial charge in [0.2, 0.25) is 11.8 Å². The number of nitrogens with zero attached hydrogens (tertiary/aromatic N) is 2. The summed E-state index contributed by atoms with van der Waals surface area (Å²) in [6.07, 6.45) is 0. The van der Waals surface area contributed by atoms with E-state index in [4.69, 9.17) is 0 Å². The first kappa shape index (κ1) is 18.4. The first-order valence-electron chi connectivity index (χ1n) is 9.94. The summed E-state index contributed by atoms with van der Waals surface area (Å²) in [7, 11) is 0.